The zero-order valence-corrected chi connectivity index (χ0v) is 11.8. The summed E-state index contributed by atoms with van der Waals surface area (Å²) in [6.07, 6.45) is 6.17. The monoisotopic (exact) mass is 263 g/mol. The smallest absolute Gasteiger partial charge is 0.241 e. The van der Waals surface area contributed by atoms with E-state index in [-0.39, 0.29) is 12.5 Å². The Morgan fingerprint density at radius 2 is 1.95 bits per heavy atom. The SMILES string of the molecule is CN(C)C(=O)CN(C)c1ncc(CNC2CC2)cn1. The molecule has 0 radical (unpaired) electrons. The molecule has 1 aromatic rings. The number of aromatic nitrogens is 2. The summed E-state index contributed by atoms with van der Waals surface area (Å²) in [7, 11) is 5.30. The van der Waals surface area contributed by atoms with E-state index in [1.807, 2.05) is 19.4 Å². The van der Waals surface area contributed by atoms with E-state index in [2.05, 4.69) is 15.3 Å². The lowest BCUT2D eigenvalue weighted by Gasteiger charge is -2.19. The molecule has 1 N–H and O–H groups in total. The Hall–Kier alpha value is -1.69. The van der Waals surface area contributed by atoms with E-state index in [1.54, 1.807) is 23.9 Å². The summed E-state index contributed by atoms with van der Waals surface area (Å²) in [6, 6.07) is 0.681. The number of anilines is 1. The number of carbonyl (C=O) groups excluding carboxylic acids is 1. The summed E-state index contributed by atoms with van der Waals surface area (Å²) in [5.74, 6) is 0.607. The summed E-state index contributed by atoms with van der Waals surface area (Å²) in [4.78, 5) is 23.5. The lowest BCUT2D eigenvalue weighted by Crippen LogP contribution is -2.35. The normalized spacial score (nSPS) is 14.3. The van der Waals surface area contributed by atoms with Crippen LogP contribution in [0.3, 0.4) is 0 Å². The Morgan fingerprint density at radius 1 is 1.32 bits per heavy atom. The fourth-order valence-electron chi connectivity index (χ4n) is 1.60. The molecule has 1 heterocycles. The van der Waals surface area contributed by atoms with Gasteiger partial charge < -0.3 is 15.1 Å². The first kappa shape index (κ1) is 13.7. The molecule has 0 unspecified atom stereocenters. The van der Waals surface area contributed by atoms with Gasteiger partial charge in [-0.2, -0.15) is 0 Å². The van der Waals surface area contributed by atoms with Gasteiger partial charge in [0.05, 0.1) is 6.54 Å². The second-order valence-corrected chi connectivity index (χ2v) is 5.19. The van der Waals surface area contributed by atoms with Gasteiger partial charge in [-0.1, -0.05) is 0 Å². The van der Waals surface area contributed by atoms with Crippen LogP contribution >= 0.6 is 0 Å². The lowest BCUT2D eigenvalue weighted by molar-refractivity contribution is -0.127. The van der Waals surface area contributed by atoms with Crippen molar-refractivity contribution in [2.45, 2.75) is 25.4 Å². The number of rotatable bonds is 6. The third kappa shape index (κ3) is 4.17. The number of amides is 1. The molecular formula is C13H21N5O. The maximum absolute atomic E-state index is 11.6. The third-order valence-corrected chi connectivity index (χ3v) is 3.08. The minimum atomic E-state index is 0.0329. The third-order valence-electron chi connectivity index (χ3n) is 3.08. The van der Waals surface area contributed by atoms with Gasteiger partial charge in [0, 0.05) is 51.7 Å². The van der Waals surface area contributed by atoms with Gasteiger partial charge in [-0.05, 0) is 12.8 Å². The second kappa shape index (κ2) is 5.97. The van der Waals surface area contributed by atoms with Crippen LogP contribution in [0.4, 0.5) is 5.95 Å². The zero-order valence-electron chi connectivity index (χ0n) is 11.8. The molecule has 1 saturated carbocycles. The molecular weight excluding hydrogens is 242 g/mol. The molecule has 6 heteroatoms. The molecule has 0 aromatic carbocycles. The lowest BCUT2D eigenvalue weighted by atomic mass is 10.3. The fourth-order valence-corrected chi connectivity index (χ4v) is 1.60. The van der Waals surface area contributed by atoms with E-state index in [9.17, 15) is 4.79 Å². The molecule has 1 aliphatic rings. The number of hydrogen-bond acceptors (Lipinski definition) is 5. The van der Waals surface area contributed by atoms with Crippen molar-refractivity contribution < 1.29 is 4.79 Å². The van der Waals surface area contributed by atoms with Crippen LogP contribution in [-0.2, 0) is 11.3 Å². The van der Waals surface area contributed by atoms with Crippen LogP contribution in [0.5, 0.6) is 0 Å². The average molecular weight is 263 g/mol. The van der Waals surface area contributed by atoms with Gasteiger partial charge in [0.1, 0.15) is 0 Å². The molecule has 1 aliphatic carbocycles. The van der Waals surface area contributed by atoms with Crippen LogP contribution in [0.15, 0.2) is 12.4 Å². The molecule has 1 amide bonds. The molecule has 1 aromatic heterocycles. The van der Waals surface area contributed by atoms with E-state index in [4.69, 9.17) is 0 Å². The van der Waals surface area contributed by atoms with Crippen LogP contribution in [0.1, 0.15) is 18.4 Å². The topological polar surface area (TPSA) is 61.4 Å². The van der Waals surface area contributed by atoms with E-state index in [0.29, 0.717) is 12.0 Å². The van der Waals surface area contributed by atoms with Crippen molar-refractivity contribution in [2.24, 2.45) is 0 Å². The number of nitrogens with zero attached hydrogens (tertiary/aromatic N) is 4. The van der Waals surface area contributed by atoms with Gasteiger partial charge in [-0.25, -0.2) is 9.97 Å². The number of likely N-dealkylation sites (N-methyl/N-ethyl adjacent to an activating group) is 2. The number of carbonyl (C=O) groups is 1. The van der Waals surface area contributed by atoms with Crippen LogP contribution in [0.2, 0.25) is 0 Å². The highest BCUT2D eigenvalue weighted by molar-refractivity contribution is 5.80. The Balaban J connectivity index is 1.87. The Kier molecular flexibility index (Phi) is 4.31. The summed E-state index contributed by atoms with van der Waals surface area (Å²) in [5, 5.41) is 3.41. The molecule has 0 saturated heterocycles. The first-order valence-electron chi connectivity index (χ1n) is 6.52. The van der Waals surface area contributed by atoms with Gasteiger partial charge in [0.15, 0.2) is 0 Å². The minimum absolute atomic E-state index is 0.0329. The highest BCUT2D eigenvalue weighted by Crippen LogP contribution is 2.19. The molecule has 0 atom stereocenters. The fraction of sp³-hybridized carbons (Fsp3) is 0.615. The van der Waals surface area contributed by atoms with E-state index in [1.165, 1.54) is 12.8 Å². The zero-order chi connectivity index (χ0) is 13.8. The Morgan fingerprint density at radius 3 is 2.47 bits per heavy atom. The van der Waals surface area contributed by atoms with Crippen LogP contribution in [0.25, 0.3) is 0 Å². The van der Waals surface area contributed by atoms with Crippen molar-refractivity contribution >= 4 is 11.9 Å². The first-order valence-corrected chi connectivity index (χ1v) is 6.52. The molecule has 0 aliphatic heterocycles. The van der Waals surface area contributed by atoms with Crippen molar-refractivity contribution in [3.05, 3.63) is 18.0 Å². The minimum Gasteiger partial charge on any atom is -0.347 e. The van der Waals surface area contributed by atoms with Crippen molar-refractivity contribution in [3.8, 4) is 0 Å². The standard InChI is InChI=1S/C13H21N5O/c1-17(2)12(19)9-18(3)13-15-7-10(8-16-13)6-14-11-4-5-11/h7-8,11,14H,4-6,9H2,1-3H3. The molecule has 104 valence electrons. The molecule has 0 spiro atoms. The van der Waals surface area contributed by atoms with Crippen molar-refractivity contribution in [2.75, 3.05) is 32.6 Å². The summed E-state index contributed by atoms with van der Waals surface area (Å²) in [5.41, 5.74) is 1.07. The Labute approximate surface area is 113 Å². The maximum Gasteiger partial charge on any atom is 0.241 e. The van der Waals surface area contributed by atoms with Crippen molar-refractivity contribution in [1.82, 2.24) is 20.2 Å². The number of hydrogen-bond donors (Lipinski definition) is 1. The van der Waals surface area contributed by atoms with Gasteiger partial charge in [0.25, 0.3) is 0 Å². The van der Waals surface area contributed by atoms with Crippen LogP contribution < -0.4 is 10.2 Å². The van der Waals surface area contributed by atoms with Gasteiger partial charge in [-0.15, -0.1) is 0 Å². The second-order valence-electron chi connectivity index (χ2n) is 5.19. The molecule has 0 bridgehead atoms. The van der Waals surface area contributed by atoms with Gasteiger partial charge >= 0.3 is 0 Å². The first-order chi connectivity index (χ1) is 9.06. The average Bonchev–Trinajstić information content (AvgIpc) is 3.20. The number of nitrogens with one attached hydrogen (secondary N) is 1. The summed E-state index contributed by atoms with van der Waals surface area (Å²) in [6.45, 7) is 1.10. The van der Waals surface area contributed by atoms with Crippen LogP contribution in [0, 0.1) is 0 Å². The Bertz CT molecular complexity index is 427. The van der Waals surface area contributed by atoms with Crippen molar-refractivity contribution in [3.63, 3.8) is 0 Å². The predicted octanol–water partition coefficient (Wildman–Crippen LogP) is 0.253. The predicted molar refractivity (Wildman–Crippen MR) is 73.9 cm³/mol. The van der Waals surface area contributed by atoms with E-state index >= 15 is 0 Å². The van der Waals surface area contributed by atoms with Crippen LogP contribution in [-0.4, -0.2) is 54.5 Å². The highest BCUT2D eigenvalue weighted by atomic mass is 16.2. The quantitative estimate of drug-likeness (QED) is 0.797. The van der Waals surface area contributed by atoms with Gasteiger partial charge in [-0.3, -0.25) is 4.79 Å². The molecule has 6 nitrogen and oxygen atoms in total. The summed E-state index contributed by atoms with van der Waals surface area (Å²) < 4.78 is 0. The summed E-state index contributed by atoms with van der Waals surface area (Å²) >= 11 is 0. The molecule has 1 fully saturated rings. The van der Waals surface area contributed by atoms with Crippen molar-refractivity contribution in [1.29, 1.82) is 0 Å². The maximum atomic E-state index is 11.6. The molecule has 19 heavy (non-hydrogen) atoms. The highest BCUT2D eigenvalue weighted by Gasteiger charge is 2.20. The van der Waals surface area contributed by atoms with E-state index < -0.39 is 0 Å². The van der Waals surface area contributed by atoms with E-state index in [0.717, 1.165) is 12.1 Å². The molecule has 2 rings (SSSR count). The largest absolute Gasteiger partial charge is 0.347 e. The van der Waals surface area contributed by atoms with Gasteiger partial charge in [0.2, 0.25) is 11.9 Å².